The summed E-state index contributed by atoms with van der Waals surface area (Å²) in [6.45, 7) is 4.19. The number of rotatable bonds is 6. The number of aromatic nitrogens is 4. The van der Waals surface area contributed by atoms with Crippen LogP contribution in [0.25, 0.3) is 10.9 Å². The Hall–Kier alpha value is -3.13. The van der Waals surface area contributed by atoms with Gasteiger partial charge in [0.25, 0.3) is 16.7 Å². The molecule has 0 aliphatic heterocycles. The zero-order valence-electron chi connectivity index (χ0n) is 15.4. The number of H-pyrrole nitrogens is 1. The number of hydrogen-bond donors (Lipinski definition) is 1. The number of ether oxygens (including phenoxy) is 1. The van der Waals surface area contributed by atoms with Crippen LogP contribution in [0.3, 0.4) is 0 Å². The molecule has 4 aromatic rings. The van der Waals surface area contributed by atoms with Gasteiger partial charge >= 0.3 is 0 Å². The number of para-hydroxylation sites is 2. The van der Waals surface area contributed by atoms with Crippen molar-refractivity contribution in [2.24, 2.45) is 0 Å². The van der Waals surface area contributed by atoms with Crippen LogP contribution in [0.4, 0.5) is 0 Å². The molecule has 8 heteroatoms. The fourth-order valence-electron chi connectivity index (χ4n) is 2.85. The minimum Gasteiger partial charge on any atom is -0.483 e. The predicted octanol–water partition coefficient (Wildman–Crippen LogP) is 3.79. The molecule has 1 N–H and O–H groups in total. The summed E-state index contributed by atoms with van der Waals surface area (Å²) in [6, 6.07) is 13.2. The molecule has 0 saturated heterocycles. The van der Waals surface area contributed by atoms with E-state index in [0.717, 1.165) is 16.9 Å². The molecule has 28 heavy (non-hydrogen) atoms. The molecule has 0 amide bonds. The minimum absolute atomic E-state index is 0.158. The molecule has 0 atom stereocenters. The number of fused-ring (bicyclic) bond motifs is 1. The maximum atomic E-state index is 12.1. The first-order valence-corrected chi connectivity index (χ1v) is 9.71. The van der Waals surface area contributed by atoms with Crippen molar-refractivity contribution in [3.63, 3.8) is 0 Å². The van der Waals surface area contributed by atoms with Crippen molar-refractivity contribution in [2.75, 3.05) is 0 Å². The zero-order valence-corrected chi connectivity index (χ0v) is 16.2. The van der Waals surface area contributed by atoms with Gasteiger partial charge in [0.2, 0.25) is 0 Å². The van der Waals surface area contributed by atoms with E-state index in [2.05, 4.69) is 20.2 Å². The summed E-state index contributed by atoms with van der Waals surface area (Å²) in [5.74, 6) is 2.19. The fourth-order valence-corrected chi connectivity index (χ4v) is 3.50. The maximum Gasteiger partial charge on any atom is 0.277 e. The standard InChI is InChI=1S/C20H18N4O3S/c1-12-6-5-7-13(2)18(12)26-10-17-23-24-20(27-17)28-11-16-21-15-9-4-3-8-14(15)19(25)22-16/h3-9H,10-11H2,1-2H3,(H,21,22,25). The topological polar surface area (TPSA) is 93.9 Å². The number of nitrogens with zero attached hydrogens (tertiary/aromatic N) is 3. The van der Waals surface area contributed by atoms with Crippen molar-refractivity contribution in [3.8, 4) is 5.75 Å². The van der Waals surface area contributed by atoms with Crippen molar-refractivity contribution < 1.29 is 9.15 Å². The Kier molecular flexibility index (Phi) is 5.12. The lowest BCUT2D eigenvalue weighted by atomic mass is 10.1. The van der Waals surface area contributed by atoms with E-state index in [1.54, 1.807) is 6.07 Å². The summed E-state index contributed by atoms with van der Waals surface area (Å²) in [4.78, 5) is 19.4. The smallest absolute Gasteiger partial charge is 0.277 e. The summed E-state index contributed by atoms with van der Waals surface area (Å²) in [7, 11) is 0. The van der Waals surface area contributed by atoms with Gasteiger partial charge in [-0.15, -0.1) is 10.2 Å². The molecule has 142 valence electrons. The Morgan fingerprint density at radius 3 is 2.68 bits per heavy atom. The van der Waals surface area contributed by atoms with Gasteiger partial charge in [-0.25, -0.2) is 4.98 Å². The number of aryl methyl sites for hydroxylation is 2. The minimum atomic E-state index is -0.158. The van der Waals surface area contributed by atoms with Gasteiger partial charge in [-0.3, -0.25) is 4.79 Å². The highest BCUT2D eigenvalue weighted by Crippen LogP contribution is 2.24. The van der Waals surface area contributed by atoms with Crippen LogP contribution in [0.15, 0.2) is 56.9 Å². The predicted molar refractivity (Wildman–Crippen MR) is 106 cm³/mol. The van der Waals surface area contributed by atoms with Gasteiger partial charge in [0.1, 0.15) is 11.6 Å². The number of benzene rings is 2. The van der Waals surface area contributed by atoms with Crippen LogP contribution in [-0.4, -0.2) is 20.2 Å². The van der Waals surface area contributed by atoms with Crippen molar-refractivity contribution in [1.82, 2.24) is 20.2 Å². The van der Waals surface area contributed by atoms with E-state index in [9.17, 15) is 4.79 Å². The number of aromatic amines is 1. The molecule has 0 saturated carbocycles. The lowest BCUT2D eigenvalue weighted by molar-refractivity contribution is 0.249. The molecule has 2 aromatic carbocycles. The molecule has 0 fully saturated rings. The third-order valence-electron chi connectivity index (χ3n) is 4.19. The van der Waals surface area contributed by atoms with Crippen LogP contribution in [0.1, 0.15) is 22.8 Å². The molecule has 0 aliphatic rings. The van der Waals surface area contributed by atoms with Crippen LogP contribution in [-0.2, 0) is 12.4 Å². The Morgan fingerprint density at radius 1 is 1.07 bits per heavy atom. The van der Waals surface area contributed by atoms with E-state index in [4.69, 9.17) is 9.15 Å². The third-order valence-corrected chi connectivity index (χ3v) is 5.02. The van der Waals surface area contributed by atoms with Crippen molar-refractivity contribution >= 4 is 22.7 Å². The van der Waals surface area contributed by atoms with Gasteiger partial charge in [-0.2, -0.15) is 0 Å². The summed E-state index contributed by atoms with van der Waals surface area (Å²) in [5, 5.41) is 9.00. The quantitative estimate of drug-likeness (QED) is 0.497. The number of nitrogens with one attached hydrogen (secondary N) is 1. The van der Waals surface area contributed by atoms with Gasteiger partial charge in [-0.05, 0) is 37.1 Å². The molecule has 2 aromatic heterocycles. The Balaban J connectivity index is 1.41. The second kappa shape index (κ2) is 7.85. The summed E-state index contributed by atoms with van der Waals surface area (Å²) in [5.41, 5.74) is 2.62. The molecule has 2 heterocycles. The zero-order chi connectivity index (χ0) is 19.5. The van der Waals surface area contributed by atoms with E-state index in [-0.39, 0.29) is 12.2 Å². The molecule has 4 rings (SSSR count). The van der Waals surface area contributed by atoms with E-state index >= 15 is 0 Å². The van der Waals surface area contributed by atoms with E-state index in [1.165, 1.54) is 11.8 Å². The fraction of sp³-hybridized carbons (Fsp3) is 0.200. The normalized spacial score (nSPS) is 11.1. The van der Waals surface area contributed by atoms with Crippen molar-refractivity contribution in [2.45, 2.75) is 31.4 Å². The largest absolute Gasteiger partial charge is 0.483 e. The molecule has 0 radical (unpaired) electrons. The van der Waals surface area contributed by atoms with Gasteiger partial charge in [-0.1, -0.05) is 42.1 Å². The third kappa shape index (κ3) is 3.91. The summed E-state index contributed by atoms with van der Waals surface area (Å²) < 4.78 is 11.4. The van der Waals surface area contributed by atoms with Crippen molar-refractivity contribution in [1.29, 1.82) is 0 Å². The monoisotopic (exact) mass is 394 g/mol. The number of hydrogen-bond acceptors (Lipinski definition) is 7. The molecule has 0 aliphatic carbocycles. The number of thioether (sulfide) groups is 1. The van der Waals surface area contributed by atoms with Crippen molar-refractivity contribution in [3.05, 3.63) is 75.7 Å². The average molecular weight is 394 g/mol. The van der Waals surface area contributed by atoms with E-state index in [1.807, 2.05) is 50.2 Å². The molecule has 0 spiro atoms. The molecule has 7 nitrogen and oxygen atoms in total. The highest BCUT2D eigenvalue weighted by Gasteiger charge is 2.11. The van der Waals surface area contributed by atoms with Gasteiger partial charge in [0, 0.05) is 0 Å². The van der Waals surface area contributed by atoms with Gasteiger partial charge < -0.3 is 14.1 Å². The first kappa shape index (κ1) is 18.2. The van der Waals surface area contributed by atoms with Crippen LogP contribution in [0, 0.1) is 13.8 Å². The van der Waals surface area contributed by atoms with Crippen LogP contribution in [0.2, 0.25) is 0 Å². The van der Waals surface area contributed by atoms with Gasteiger partial charge in [0.05, 0.1) is 16.7 Å². The Bertz CT molecular complexity index is 1170. The highest BCUT2D eigenvalue weighted by molar-refractivity contribution is 7.98. The van der Waals surface area contributed by atoms with Crippen LogP contribution in [0.5, 0.6) is 5.75 Å². The molecule has 0 unspecified atom stereocenters. The first-order chi connectivity index (χ1) is 13.6. The van der Waals surface area contributed by atoms with Gasteiger partial charge in [0.15, 0.2) is 6.61 Å². The first-order valence-electron chi connectivity index (χ1n) is 8.72. The second-order valence-corrected chi connectivity index (χ2v) is 7.22. The van der Waals surface area contributed by atoms with E-state index in [0.29, 0.717) is 33.6 Å². The molecular weight excluding hydrogens is 376 g/mol. The summed E-state index contributed by atoms with van der Waals surface area (Å²) >= 11 is 1.31. The molecular formula is C20H18N4O3S. The van der Waals surface area contributed by atoms with E-state index < -0.39 is 0 Å². The average Bonchev–Trinajstić information content (AvgIpc) is 3.14. The Labute approximate surface area is 165 Å². The summed E-state index contributed by atoms with van der Waals surface area (Å²) in [6.07, 6.45) is 0. The lowest BCUT2D eigenvalue weighted by Crippen LogP contribution is -2.11. The molecule has 0 bridgehead atoms. The van der Waals surface area contributed by atoms with Crippen LogP contribution < -0.4 is 10.3 Å². The highest BCUT2D eigenvalue weighted by atomic mass is 32.2. The SMILES string of the molecule is Cc1cccc(C)c1OCc1nnc(SCc2nc3ccccc3c(=O)[nH]2)o1. The van der Waals surface area contributed by atoms with Crippen LogP contribution >= 0.6 is 11.8 Å². The maximum absolute atomic E-state index is 12.1. The lowest BCUT2D eigenvalue weighted by Gasteiger charge is -2.09. The second-order valence-electron chi connectivity index (χ2n) is 6.29. The Morgan fingerprint density at radius 2 is 1.86 bits per heavy atom.